The number of benzene rings is 3. The zero-order valence-electron chi connectivity index (χ0n) is 15.9. The summed E-state index contributed by atoms with van der Waals surface area (Å²) >= 11 is 0. The molecule has 3 aromatic carbocycles. The van der Waals surface area contributed by atoms with Crippen LogP contribution in [0, 0.1) is 5.82 Å². The number of halogens is 1. The summed E-state index contributed by atoms with van der Waals surface area (Å²) in [6.07, 6.45) is 0. The number of methoxy groups -OCH3 is 1. The van der Waals surface area contributed by atoms with Crippen molar-refractivity contribution in [2.75, 3.05) is 12.4 Å². The van der Waals surface area contributed by atoms with E-state index in [1.807, 2.05) is 18.2 Å². The van der Waals surface area contributed by atoms with E-state index in [0.717, 1.165) is 11.1 Å². The van der Waals surface area contributed by atoms with Crippen LogP contribution in [0.15, 0.2) is 72.8 Å². The molecule has 0 bridgehead atoms. The van der Waals surface area contributed by atoms with Crippen LogP contribution in [0.25, 0.3) is 0 Å². The number of hydrogen-bond donors (Lipinski definition) is 2. The van der Waals surface area contributed by atoms with Crippen molar-refractivity contribution in [2.45, 2.75) is 13.2 Å². The molecule has 0 heterocycles. The zero-order chi connectivity index (χ0) is 20.6. The summed E-state index contributed by atoms with van der Waals surface area (Å²) in [6.45, 7) is 0.662. The molecule has 0 spiro atoms. The fourth-order valence-corrected chi connectivity index (χ4v) is 2.86. The van der Waals surface area contributed by atoms with Crippen molar-refractivity contribution in [3.8, 4) is 0 Å². The minimum atomic E-state index is -0.397. The molecule has 0 aliphatic heterocycles. The Hall–Kier alpha value is -3.51. The SMILES string of the molecule is COCc1ccccc1C(=O)NCc1cccc(NC(=O)c2ccc(F)cc2)c1. The van der Waals surface area contributed by atoms with Crippen molar-refractivity contribution < 1.29 is 18.7 Å². The Morgan fingerprint density at radius 2 is 1.69 bits per heavy atom. The molecule has 0 atom stereocenters. The third-order valence-corrected chi connectivity index (χ3v) is 4.31. The first-order chi connectivity index (χ1) is 14.1. The maximum atomic E-state index is 13.0. The van der Waals surface area contributed by atoms with Crippen LogP contribution in [0.4, 0.5) is 10.1 Å². The van der Waals surface area contributed by atoms with Crippen LogP contribution in [0.5, 0.6) is 0 Å². The van der Waals surface area contributed by atoms with Crippen LogP contribution in [0.1, 0.15) is 31.8 Å². The van der Waals surface area contributed by atoms with Gasteiger partial charge in [-0.15, -0.1) is 0 Å². The Morgan fingerprint density at radius 1 is 0.931 bits per heavy atom. The molecule has 2 amide bonds. The molecule has 5 nitrogen and oxygen atoms in total. The maximum absolute atomic E-state index is 13.0. The van der Waals surface area contributed by atoms with Gasteiger partial charge in [0.05, 0.1) is 6.61 Å². The molecule has 0 aliphatic carbocycles. The highest BCUT2D eigenvalue weighted by Gasteiger charge is 2.11. The third-order valence-electron chi connectivity index (χ3n) is 4.31. The van der Waals surface area contributed by atoms with Gasteiger partial charge >= 0.3 is 0 Å². The number of amides is 2. The highest BCUT2D eigenvalue weighted by atomic mass is 19.1. The molecule has 2 N–H and O–H groups in total. The lowest BCUT2D eigenvalue weighted by Crippen LogP contribution is -2.24. The van der Waals surface area contributed by atoms with E-state index in [2.05, 4.69) is 10.6 Å². The molecule has 0 saturated carbocycles. The lowest BCUT2D eigenvalue weighted by molar-refractivity contribution is 0.0945. The molecule has 3 rings (SSSR count). The fourth-order valence-electron chi connectivity index (χ4n) is 2.86. The average Bonchev–Trinajstić information content (AvgIpc) is 2.73. The lowest BCUT2D eigenvalue weighted by Gasteiger charge is -2.11. The summed E-state index contributed by atoms with van der Waals surface area (Å²) in [7, 11) is 1.58. The summed E-state index contributed by atoms with van der Waals surface area (Å²) in [5.41, 5.74) is 3.16. The van der Waals surface area contributed by atoms with Gasteiger partial charge in [0.2, 0.25) is 0 Å². The first-order valence-electron chi connectivity index (χ1n) is 9.07. The molecule has 6 heteroatoms. The predicted octanol–water partition coefficient (Wildman–Crippen LogP) is 4.15. The van der Waals surface area contributed by atoms with Crippen molar-refractivity contribution in [3.05, 3.63) is 101 Å². The highest BCUT2D eigenvalue weighted by molar-refractivity contribution is 6.04. The Labute approximate surface area is 168 Å². The maximum Gasteiger partial charge on any atom is 0.255 e. The normalized spacial score (nSPS) is 10.4. The predicted molar refractivity (Wildman–Crippen MR) is 109 cm³/mol. The van der Waals surface area contributed by atoms with E-state index < -0.39 is 5.82 Å². The van der Waals surface area contributed by atoms with Gasteiger partial charge in [0, 0.05) is 30.5 Å². The number of rotatable bonds is 7. The van der Waals surface area contributed by atoms with E-state index in [9.17, 15) is 14.0 Å². The van der Waals surface area contributed by atoms with Crippen molar-refractivity contribution in [2.24, 2.45) is 0 Å². The van der Waals surface area contributed by atoms with E-state index in [1.165, 1.54) is 24.3 Å². The van der Waals surface area contributed by atoms with Crippen molar-refractivity contribution in [3.63, 3.8) is 0 Å². The van der Waals surface area contributed by atoms with E-state index in [4.69, 9.17) is 4.74 Å². The van der Waals surface area contributed by atoms with Crippen LogP contribution in [-0.2, 0) is 17.9 Å². The third kappa shape index (κ3) is 5.49. The second-order valence-electron chi connectivity index (χ2n) is 6.43. The summed E-state index contributed by atoms with van der Waals surface area (Å²) < 4.78 is 18.1. The van der Waals surface area contributed by atoms with Gasteiger partial charge in [-0.25, -0.2) is 4.39 Å². The van der Waals surface area contributed by atoms with E-state index in [0.29, 0.717) is 30.0 Å². The first kappa shape index (κ1) is 20.2. The van der Waals surface area contributed by atoms with E-state index in [1.54, 1.807) is 37.4 Å². The molecule has 29 heavy (non-hydrogen) atoms. The topological polar surface area (TPSA) is 67.4 Å². The second kappa shape index (κ2) is 9.61. The summed E-state index contributed by atoms with van der Waals surface area (Å²) in [5, 5.41) is 5.66. The van der Waals surface area contributed by atoms with Gasteiger partial charge in [0.15, 0.2) is 0 Å². The van der Waals surface area contributed by atoms with Crippen molar-refractivity contribution in [1.82, 2.24) is 5.32 Å². The van der Waals surface area contributed by atoms with Gasteiger partial charge in [0.1, 0.15) is 5.82 Å². The molecule has 0 aromatic heterocycles. The Bertz CT molecular complexity index is 1000. The number of hydrogen-bond acceptors (Lipinski definition) is 3. The standard InChI is InChI=1S/C23H21FN2O3/c1-29-15-18-6-2-3-8-21(18)23(28)25-14-16-5-4-7-20(13-16)26-22(27)17-9-11-19(24)12-10-17/h2-13H,14-15H2,1H3,(H,25,28)(H,26,27). The second-order valence-corrected chi connectivity index (χ2v) is 6.43. The van der Waals surface area contributed by atoms with E-state index in [-0.39, 0.29) is 11.8 Å². The highest BCUT2D eigenvalue weighted by Crippen LogP contribution is 2.14. The number of carbonyl (C=O) groups is 2. The Balaban J connectivity index is 1.63. The minimum absolute atomic E-state index is 0.196. The van der Waals surface area contributed by atoms with Crippen molar-refractivity contribution >= 4 is 17.5 Å². The lowest BCUT2D eigenvalue weighted by atomic mass is 10.1. The van der Waals surface area contributed by atoms with Crippen molar-refractivity contribution in [1.29, 1.82) is 0 Å². The fraction of sp³-hybridized carbons (Fsp3) is 0.130. The minimum Gasteiger partial charge on any atom is -0.380 e. The van der Waals surface area contributed by atoms with Gasteiger partial charge in [0.25, 0.3) is 11.8 Å². The van der Waals surface area contributed by atoms with E-state index >= 15 is 0 Å². The number of anilines is 1. The van der Waals surface area contributed by atoms with Crippen LogP contribution < -0.4 is 10.6 Å². The monoisotopic (exact) mass is 392 g/mol. The molecule has 0 radical (unpaired) electrons. The Kier molecular flexibility index (Phi) is 6.71. The molecule has 0 saturated heterocycles. The Morgan fingerprint density at radius 3 is 2.45 bits per heavy atom. The molecule has 148 valence electrons. The van der Waals surface area contributed by atoms with Crippen LogP contribution in [-0.4, -0.2) is 18.9 Å². The summed E-state index contributed by atoms with van der Waals surface area (Å²) in [6, 6.07) is 19.8. The quantitative estimate of drug-likeness (QED) is 0.635. The number of ether oxygens (including phenoxy) is 1. The van der Waals surface area contributed by atoms with Gasteiger partial charge in [-0.1, -0.05) is 30.3 Å². The molecule has 0 unspecified atom stereocenters. The van der Waals surface area contributed by atoms with Crippen LogP contribution in [0.3, 0.4) is 0 Å². The van der Waals surface area contributed by atoms with Gasteiger partial charge in [-0.3, -0.25) is 9.59 Å². The molecular weight excluding hydrogens is 371 g/mol. The summed E-state index contributed by atoms with van der Waals surface area (Å²) in [5.74, 6) is -0.926. The number of nitrogens with one attached hydrogen (secondary N) is 2. The summed E-state index contributed by atoms with van der Waals surface area (Å²) in [4.78, 5) is 24.8. The molecule has 0 aliphatic rings. The largest absolute Gasteiger partial charge is 0.380 e. The first-order valence-corrected chi connectivity index (χ1v) is 9.07. The average molecular weight is 392 g/mol. The molecule has 0 fully saturated rings. The molecule has 3 aromatic rings. The van der Waals surface area contributed by atoms with Gasteiger partial charge in [-0.05, 0) is 53.6 Å². The van der Waals surface area contributed by atoms with Crippen LogP contribution in [0.2, 0.25) is 0 Å². The van der Waals surface area contributed by atoms with Crippen LogP contribution >= 0.6 is 0 Å². The smallest absolute Gasteiger partial charge is 0.255 e. The molecular formula is C23H21FN2O3. The van der Waals surface area contributed by atoms with Gasteiger partial charge in [-0.2, -0.15) is 0 Å². The van der Waals surface area contributed by atoms with Gasteiger partial charge < -0.3 is 15.4 Å². The number of carbonyl (C=O) groups excluding carboxylic acids is 2. The zero-order valence-corrected chi connectivity index (χ0v) is 15.9.